The number of fused-ring (bicyclic) bond motifs is 2. The first kappa shape index (κ1) is 17.6. The molecule has 0 N–H and O–H groups in total. The standard InChI is InChI=1S/C18H22Cl2N2O2/c1-18(2,3)24-17(23)22-12-5-4-6-13(22)10-11(9-12)14-7-8-15(19)21-16(14)20/h7-9,12-13H,4-6,10H2,1-3H3. The molecule has 0 saturated carbocycles. The number of aromatic nitrogens is 1. The number of nitrogens with zero attached hydrogens (tertiary/aromatic N) is 2. The van der Waals surface area contributed by atoms with Crippen LogP contribution in [0.3, 0.4) is 0 Å². The van der Waals surface area contributed by atoms with E-state index in [1.807, 2.05) is 31.7 Å². The Bertz CT molecular complexity index is 682. The Morgan fingerprint density at radius 2 is 2.04 bits per heavy atom. The lowest BCUT2D eigenvalue weighted by Crippen LogP contribution is -2.53. The quantitative estimate of drug-likeness (QED) is 0.628. The third-order valence-electron chi connectivity index (χ3n) is 4.40. The highest BCUT2D eigenvalue weighted by Crippen LogP contribution is 2.39. The van der Waals surface area contributed by atoms with Gasteiger partial charge in [-0.1, -0.05) is 29.3 Å². The number of amides is 1. The molecule has 1 aromatic heterocycles. The van der Waals surface area contributed by atoms with Crippen molar-refractivity contribution in [3.8, 4) is 0 Å². The fourth-order valence-corrected chi connectivity index (χ4v) is 3.95. The van der Waals surface area contributed by atoms with E-state index in [9.17, 15) is 4.79 Å². The van der Waals surface area contributed by atoms with Crippen LogP contribution in [0.25, 0.3) is 5.57 Å². The van der Waals surface area contributed by atoms with Gasteiger partial charge in [-0.15, -0.1) is 0 Å². The summed E-state index contributed by atoms with van der Waals surface area (Å²) < 4.78 is 5.60. The van der Waals surface area contributed by atoms with Gasteiger partial charge in [0.15, 0.2) is 0 Å². The Hall–Kier alpha value is -1.26. The molecule has 3 heterocycles. The van der Waals surface area contributed by atoms with Gasteiger partial charge in [0.05, 0.1) is 6.04 Å². The van der Waals surface area contributed by atoms with Crippen molar-refractivity contribution in [2.24, 2.45) is 0 Å². The van der Waals surface area contributed by atoms with E-state index in [2.05, 4.69) is 11.1 Å². The zero-order chi connectivity index (χ0) is 17.5. The Morgan fingerprint density at radius 1 is 1.29 bits per heavy atom. The second-order valence-electron chi connectivity index (χ2n) is 7.41. The summed E-state index contributed by atoms with van der Waals surface area (Å²) in [5.41, 5.74) is 1.55. The van der Waals surface area contributed by atoms with Crippen LogP contribution in [0.15, 0.2) is 18.2 Å². The molecule has 1 saturated heterocycles. The summed E-state index contributed by atoms with van der Waals surface area (Å²) in [6, 6.07) is 3.85. The molecule has 2 unspecified atom stereocenters. The number of piperidine rings is 1. The predicted octanol–water partition coefficient (Wildman–Crippen LogP) is 5.33. The van der Waals surface area contributed by atoms with E-state index in [1.165, 1.54) is 0 Å². The van der Waals surface area contributed by atoms with E-state index >= 15 is 0 Å². The second kappa shape index (κ2) is 6.57. The van der Waals surface area contributed by atoms with Crippen molar-refractivity contribution in [1.82, 2.24) is 9.88 Å². The van der Waals surface area contributed by atoms with E-state index < -0.39 is 5.60 Å². The fourth-order valence-electron chi connectivity index (χ4n) is 3.48. The van der Waals surface area contributed by atoms with E-state index in [1.54, 1.807) is 6.07 Å². The van der Waals surface area contributed by atoms with E-state index in [-0.39, 0.29) is 18.2 Å². The average molecular weight is 369 g/mol. The minimum atomic E-state index is -0.487. The number of carbonyl (C=O) groups excluding carboxylic acids is 1. The van der Waals surface area contributed by atoms with Gasteiger partial charge in [0.2, 0.25) is 0 Å². The Kier molecular flexibility index (Phi) is 4.80. The normalized spacial score (nSPS) is 23.7. The smallest absolute Gasteiger partial charge is 0.411 e. The second-order valence-corrected chi connectivity index (χ2v) is 8.15. The first-order valence-corrected chi connectivity index (χ1v) is 9.04. The van der Waals surface area contributed by atoms with Crippen LogP contribution in [0.4, 0.5) is 4.79 Å². The molecule has 24 heavy (non-hydrogen) atoms. The SMILES string of the molecule is CC(C)(C)OC(=O)N1C2C=C(c3ccc(Cl)nc3Cl)CC1CCC2. The number of hydrogen-bond acceptors (Lipinski definition) is 3. The van der Waals surface area contributed by atoms with Crippen LogP contribution in [-0.2, 0) is 4.74 Å². The molecule has 3 rings (SSSR count). The highest BCUT2D eigenvalue weighted by molar-refractivity contribution is 6.33. The van der Waals surface area contributed by atoms with Crippen LogP contribution in [0, 0.1) is 0 Å². The van der Waals surface area contributed by atoms with Gasteiger partial charge in [0, 0.05) is 11.6 Å². The van der Waals surface area contributed by atoms with Gasteiger partial charge >= 0.3 is 6.09 Å². The number of ether oxygens (including phenoxy) is 1. The number of hydrogen-bond donors (Lipinski definition) is 0. The third kappa shape index (κ3) is 3.70. The lowest BCUT2D eigenvalue weighted by molar-refractivity contribution is 0.0000873. The summed E-state index contributed by atoms with van der Waals surface area (Å²) in [7, 11) is 0. The van der Waals surface area contributed by atoms with Crippen molar-refractivity contribution in [2.75, 3.05) is 0 Å². The van der Waals surface area contributed by atoms with Crippen LogP contribution < -0.4 is 0 Å². The lowest BCUT2D eigenvalue weighted by Gasteiger charge is -2.45. The van der Waals surface area contributed by atoms with Gasteiger partial charge in [-0.3, -0.25) is 4.90 Å². The highest BCUT2D eigenvalue weighted by atomic mass is 35.5. The number of carbonyl (C=O) groups is 1. The highest BCUT2D eigenvalue weighted by Gasteiger charge is 2.39. The summed E-state index contributed by atoms with van der Waals surface area (Å²) in [6.07, 6.45) is 5.71. The van der Waals surface area contributed by atoms with Gasteiger partial charge < -0.3 is 4.74 Å². The van der Waals surface area contributed by atoms with Crippen molar-refractivity contribution < 1.29 is 9.53 Å². The summed E-state index contributed by atoms with van der Waals surface area (Å²) in [4.78, 5) is 18.6. The van der Waals surface area contributed by atoms with Gasteiger partial charge in [0.1, 0.15) is 15.9 Å². The molecule has 2 bridgehead atoms. The molecule has 1 aromatic rings. The predicted molar refractivity (Wildman–Crippen MR) is 96.4 cm³/mol. The van der Waals surface area contributed by atoms with Crippen molar-refractivity contribution in [3.05, 3.63) is 34.1 Å². The van der Waals surface area contributed by atoms with Crippen molar-refractivity contribution in [1.29, 1.82) is 0 Å². The fraction of sp³-hybridized carbons (Fsp3) is 0.556. The molecule has 0 radical (unpaired) electrons. The molecule has 4 nitrogen and oxygen atoms in total. The van der Waals surface area contributed by atoms with Crippen molar-refractivity contribution in [3.63, 3.8) is 0 Å². The molecular weight excluding hydrogens is 347 g/mol. The number of halogens is 2. The monoisotopic (exact) mass is 368 g/mol. The first-order chi connectivity index (χ1) is 11.2. The molecule has 2 aliphatic heterocycles. The minimum absolute atomic E-state index is 0.0501. The Morgan fingerprint density at radius 3 is 2.67 bits per heavy atom. The van der Waals surface area contributed by atoms with Gasteiger partial charge in [-0.25, -0.2) is 9.78 Å². The Labute approximate surface area is 152 Å². The zero-order valence-electron chi connectivity index (χ0n) is 14.2. The van der Waals surface area contributed by atoms with Crippen LogP contribution in [0.1, 0.15) is 52.0 Å². The lowest BCUT2D eigenvalue weighted by atomic mass is 9.83. The van der Waals surface area contributed by atoms with Crippen molar-refractivity contribution in [2.45, 2.75) is 64.1 Å². The molecule has 130 valence electrons. The van der Waals surface area contributed by atoms with Crippen LogP contribution in [0.2, 0.25) is 10.3 Å². The molecule has 0 spiro atoms. The third-order valence-corrected chi connectivity index (χ3v) is 4.90. The molecule has 1 fully saturated rings. The van der Waals surface area contributed by atoms with Crippen LogP contribution >= 0.6 is 23.2 Å². The van der Waals surface area contributed by atoms with E-state index in [4.69, 9.17) is 27.9 Å². The molecular formula is C18H22Cl2N2O2. The summed E-state index contributed by atoms with van der Waals surface area (Å²) >= 11 is 12.2. The maximum absolute atomic E-state index is 12.6. The van der Waals surface area contributed by atoms with Gasteiger partial charge in [-0.05, 0) is 64.2 Å². The average Bonchev–Trinajstić information content (AvgIpc) is 2.44. The molecule has 2 atom stereocenters. The maximum Gasteiger partial charge on any atom is 0.411 e. The van der Waals surface area contributed by atoms with Crippen LogP contribution in [0.5, 0.6) is 0 Å². The number of pyridine rings is 1. The minimum Gasteiger partial charge on any atom is -0.444 e. The van der Waals surface area contributed by atoms with Gasteiger partial charge in [0.25, 0.3) is 0 Å². The van der Waals surface area contributed by atoms with Crippen LogP contribution in [-0.4, -0.2) is 33.7 Å². The molecule has 6 heteroatoms. The first-order valence-electron chi connectivity index (χ1n) is 8.29. The zero-order valence-corrected chi connectivity index (χ0v) is 15.7. The van der Waals surface area contributed by atoms with Gasteiger partial charge in [-0.2, -0.15) is 0 Å². The summed E-state index contributed by atoms with van der Waals surface area (Å²) in [6.45, 7) is 5.68. The maximum atomic E-state index is 12.6. The molecule has 2 aliphatic rings. The summed E-state index contributed by atoms with van der Waals surface area (Å²) in [5.74, 6) is 0. The van der Waals surface area contributed by atoms with E-state index in [0.717, 1.165) is 36.8 Å². The van der Waals surface area contributed by atoms with E-state index in [0.29, 0.717) is 10.3 Å². The largest absolute Gasteiger partial charge is 0.444 e. The van der Waals surface area contributed by atoms with Crippen molar-refractivity contribution >= 4 is 34.9 Å². The number of rotatable bonds is 1. The topological polar surface area (TPSA) is 42.4 Å². The molecule has 0 aromatic carbocycles. The molecule has 0 aliphatic carbocycles. The summed E-state index contributed by atoms with van der Waals surface area (Å²) in [5, 5.41) is 0.799. The molecule has 1 amide bonds. The Balaban J connectivity index is 1.88.